The number of carbonyl (C=O) groups is 4. The Morgan fingerprint density at radius 3 is 2.58 bits per heavy atom. The van der Waals surface area contributed by atoms with Gasteiger partial charge in [0, 0.05) is 37.7 Å². The number of nitrogens with one attached hydrogen (secondary N) is 1. The molecule has 4 rings (SSSR count). The van der Waals surface area contributed by atoms with E-state index in [0.29, 0.717) is 16.7 Å². The lowest BCUT2D eigenvalue weighted by atomic mass is 10.0. The van der Waals surface area contributed by atoms with Gasteiger partial charge in [0.25, 0.3) is 17.7 Å². The molecule has 38 heavy (non-hydrogen) atoms. The summed E-state index contributed by atoms with van der Waals surface area (Å²) in [4.78, 5) is 61.9. The standard InChI is InChI=1S/C24H23F3N3O7P/c1-36-38(35)37-13-30-20(31)9-8-19(22(30)33)29-12-15-10-14(2-7-18(15)21(29)32)11-28-23(34)24(26,27)16-3-5-17(25)6-4-16/h2-7,10,19,35H,8-9,11-13H2,1H3,(H,28,34). The predicted octanol–water partition coefficient (Wildman–Crippen LogP) is 2.55. The van der Waals surface area contributed by atoms with Crippen molar-refractivity contribution < 1.29 is 46.3 Å². The zero-order chi connectivity index (χ0) is 27.6. The SMILES string of the molecule is COP(O)OCN1C(=O)CCC(N2Cc3cc(CNC(=O)C(F)(F)c4ccc(F)cc4)ccc3C2=O)C1=O. The van der Waals surface area contributed by atoms with E-state index in [9.17, 15) is 37.2 Å². The number of piperidine rings is 1. The first kappa shape index (κ1) is 27.6. The van der Waals surface area contributed by atoms with Crippen molar-refractivity contribution in [3.8, 4) is 0 Å². The summed E-state index contributed by atoms with van der Waals surface area (Å²) in [6.07, 6.45) is 0.0865. The molecule has 0 spiro atoms. The number of amides is 4. The number of carbonyl (C=O) groups excluding carboxylic acids is 4. The van der Waals surface area contributed by atoms with Crippen LogP contribution in [-0.4, -0.2) is 58.2 Å². The van der Waals surface area contributed by atoms with Gasteiger partial charge in [-0.15, -0.1) is 0 Å². The Bertz CT molecular complexity index is 1260. The lowest BCUT2D eigenvalue weighted by molar-refractivity contribution is -0.156. The Kier molecular flexibility index (Phi) is 8.12. The molecule has 0 saturated carbocycles. The fourth-order valence-electron chi connectivity index (χ4n) is 4.25. The van der Waals surface area contributed by atoms with Crippen molar-refractivity contribution in [1.82, 2.24) is 15.1 Å². The van der Waals surface area contributed by atoms with Gasteiger partial charge >= 0.3 is 14.5 Å². The van der Waals surface area contributed by atoms with Gasteiger partial charge in [0.05, 0.1) is 0 Å². The molecule has 0 radical (unpaired) electrons. The molecule has 0 aromatic heterocycles. The Balaban J connectivity index is 1.41. The maximum absolute atomic E-state index is 14.5. The van der Waals surface area contributed by atoms with E-state index in [2.05, 4.69) is 9.84 Å². The fourth-order valence-corrected chi connectivity index (χ4v) is 4.57. The lowest BCUT2D eigenvalue weighted by Gasteiger charge is -2.35. The summed E-state index contributed by atoms with van der Waals surface area (Å²) >= 11 is 0. The number of halogens is 3. The second kappa shape index (κ2) is 11.2. The highest BCUT2D eigenvalue weighted by molar-refractivity contribution is 7.40. The molecule has 2 atom stereocenters. The molecule has 4 amide bonds. The van der Waals surface area contributed by atoms with Crippen molar-refractivity contribution in [2.45, 2.75) is 37.9 Å². The number of benzene rings is 2. The molecular weight excluding hydrogens is 530 g/mol. The van der Waals surface area contributed by atoms with Crippen molar-refractivity contribution in [1.29, 1.82) is 0 Å². The minimum Gasteiger partial charge on any atom is -0.346 e. The van der Waals surface area contributed by atoms with Gasteiger partial charge in [-0.05, 0) is 47.9 Å². The number of hydrogen-bond acceptors (Lipinski definition) is 7. The van der Waals surface area contributed by atoms with Crippen LogP contribution >= 0.6 is 8.60 Å². The van der Waals surface area contributed by atoms with Gasteiger partial charge in [0.2, 0.25) is 5.91 Å². The lowest BCUT2D eigenvalue weighted by Crippen LogP contribution is -2.55. The number of rotatable bonds is 9. The molecule has 2 aromatic carbocycles. The Morgan fingerprint density at radius 1 is 1.18 bits per heavy atom. The first-order valence-electron chi connectivity index (χ1n) is 11.4. The van der Waals surface area contributed by atoms with Crippen LogP contribution in [0.1, 0.15) is 39.9 Å². The average Bonchev–Trinajstić information content (AvgIpc) is 3.22. The normalized spacial score (nSPS) is 18.6. The van der Waals surface area contributed by atoms with Gasteiger partial charge in [-0.3, -0.25) is 28.6 Å². The third-order valence-corrected chi connectivity index (χ3v) is 6.91. The third-order valence-electron chi connectivity index (χ3n) is 6.26. The molecule has 2 unspecified atom stereocenters. The number of alkyl halides is 2. The molecular formula is C24H23F3N3O7P. The summed E-state index contributed by atoms with van der Waals surface area (Å²) in [5.41, 5.74) is 0.623. The highest BCUT2D eigenvalue weighted by atomic mass is 31.2. The van der Waals surface area contributed by atoms with Crippen LogP contribution in [0.3, 0.4) is 0 Å². The smallest absolute Gasteiger partial charge is 0.346 e. The predicted molar refractivity (Wildman–Crippen MR) is 125 cm³/mol. The Morgan fingerprint density at radius 2 is 1.89 bits per heavy atom. The van der Waals surface area contributed by atoms with Crippen LogP contribution in [0.2, 0.25) is 0 Å². The Labute approximate surface area is 216 Å². The van der Waals surface area contributed by atoms with Gasteiger partial charge in [-0.2, -0.15) is 8.78 Å². The summed E-state index contributed by atoms with van der Waals surface area (Å²) < 4.78 is 51.5. The minimum atomic E-state index is -3.88. The zero-order valence-corrected chi connectivity index (χ0v) is 20.9. The number of hydrogen-bond donors (Lipinski definition) is 2. The van der Waals surface area contributed by atoms with E-state index >= 15 is 0 Å². The highest BCUT2D eigenvalue weighted by Gasteiger charge is 2.43. The van der Waals surface area contributed by atoms with Crippen molar-refractivity contribution in [3.63, 3.8) is 0 Å². The summed E-state index contributed by atoms with van der Waals surface area (Å²) in [7, 11) is -1.07. The quantitative estimate of drug-likeness (QED) is 0.361. The van der Waals surface area contributed by atoms with Crippen molar-refractivity contribution >= 4 is 32.2 Å². The van der Waals surface area contributed by atoms with Crippen molar-refractivity contribution in [2.24, 2.45) is 0 Å². The molecule has 2 N–H and O–H groups in total. The van der Waals surface area contributed by atoms with E-state index in [1.807, 2.05) is 0 Å². The second-order valence-electron chi connectivity index (χ2n) is 8.58. The van der Waals surface area contributed by atoms with Gasteiger partial charge in [0.15, 0.2) is 0 Å². The topological polar surface area (TPSA) is 125 Å². The molecule has 1 fully saturated rings. The summed E-state index contributed by atoms with van der Waals surface area (Å²) in [6.45, 7) is -0.750. The van der Waals surface area contributed by atoms with Crippen LogP contribution < -0.4 is 5.32 Å². The van der Waals surface area contributed by atoms with E-state index in [0.717, 1.165) is 29.2 Å². The molecule has 2 aromatic rings. The van der Waals surface area contributed by atoms with Crippen LogP contribution in [0.25, 0.3) is 0 Å². The van der Waals surface area contributed by atoms with Crippen LogP contribution in [0.15, 0.2) is 42.5 Å². The van der Waals surface area contributed by atoms with Crippen LogP contribution in [0.5, 0.6) is 0 Å². The monoisotopic (exact) mass is 553 g/mol. The van der Waals surface area contributed by atoms with Gasteiger partial charge in [-0.25, -0.2) is 4.39 Å². The third kappa shape index (κ3) is 5.56. The summed E-state index contributed by atoms with van der Waals surface area (Å²) in [6, 6.07) is 6.94. The van der Waals surface area contributed by atoms with Gasteiger partial charge < -0.3 is 19.6 Å². The minimum absolute atomic E-state index is 0.0181. The van der Waals surface area contributed by atoms with Crippen LogP contribution in [0.4, 0.5) is 13.2 Å². The maximum Gasteiger partial charge on any atom is 0.349 e. The number of fused-ring (bicyclic) bond motifs is 1. The second-order valence-corrected chi connectivity index (χ2v) is 9.68. The molecule has 1 saturated heterocycles. The molecule has 2 aliphatic rings. The molecule has 2 aliphatic heterocycles. The molecule has 10 nitrogen and oxygen atoms in total. The summed E-state index contributed by atoms with van der Waals surface area (Å²) in [5, 5.41) is 2.15. The van der Waals surface area contributed by atoms with E-state index < -0.39 is 62.3 Å². The van der Waals surface area contributed by atoms with Crippen LogP contribution in [-0.2, 0) is 42.4 Å². The number of nitrogens with zero attached hydrogens (tertiary/aromatic N) is 2. The van der Waals surface area contributed by atoms with E-state index in [1.54, 1.807) is 6.07 Å². The van der Waals surface area contributed by atoms with Crippen LogP contribution in [0, 0.1) is 5.82 Å². The molecule has 0 aliphatic carbocycles. The largest absolute Gasteiger partial charge is 0.349 e. The molecule has 2 heterocycles. The van der Waals surface area contributed by atoms with Crippen molar-refractivity contribution in [3.05, 3.63) is 70.5 Å². The number of likely N-dealkylation sites (tertiary alicyclic amines) is 1. The van der Waals surface area contributed by atoms with E-state index in [4.69, 9.17) is 4.52 Å². The molecule has 202 valence electrons. The molecule has 0 bridgehead atoms. The number of imide groups is 1. The van der Waals surface area contributed by atoms with Gasteiger partial charge in [0.1, 0.15) is 18.6 Å². The zero-order valence-electron chi connectivity index (χ0n) is 20.0. The van der Waals surface area contributed by atoms with Gasteiger partial charge in [-0.1, -0.05) is 12.1 Å². The highest BCUT2D eigenvalue weighted by Crippen LogP contribution is 2.34. The summed E-state index contributed by atoms with van der Waals surface area (Å²) in [5.74, 6) is -7.76. The van der Waals surface area contributed by atoms with E-state index in [1.165, 1.54) is 24.1 Å². The Hall–Kier alpha value is -3.38. The first-order chi connectivity index (χ1) is 18.0. The maximum atomic E-state index is 14.5. The van der Waals surface area contributed by atoms with Crippen molar-refractivity contribution in [2.75, 3.05) is 13.8 Å². The first-order valence-corrected chi connectivity index (χ1v) is 12.5. The molecule has 14 heteroatoms. The average molecular weight is 553 g/mol. The van der Waals surface area contributed by atoms with E-state index in [-0.39, 0.29) is 25.9 Å². The fraction of sp³-hybridized carbons (Fsp3) is 0.333.